The molecule has 3 saturated carbocycles. The summed E-state index contributed by atoms with van der Waals surface area (Å²) in [5.41, 5.74) is 1.63. The number of carboxylic acid groups (broad SMARTS) is 1. The first-order valence-corrected chi connectivity index (χ1v) is 14.7. The molecular weight excluding hydrogens is 475 g/mol. The topological polar surface area (TPSA) is 86.7 Å². The normalized spacial score (nSPS) is 39.5. The second kappa shape index (κ2) is 12.4. The van der Waals surface area contributed by atoms with Crippen LogP contribution in [0.15, 0.2) is 11.6 Å². The Kier molecular flexibility index (Phi) is 10.5. The minimum Gasteiger partial charge on any atom is -0.550 e. The van der Waals surface area contributed by atoms with E-state index in [-0.39, 0.29) is 53.9 Å². The maximum absolute atomic E-state index is 12.1. The summed E-state index contributed by atoms with van der Waals surface area (Å²) >= 11 is 0. The molecule has 0 aromatic rings. The van der Waals surface area contributed by atoms with Gasteiger partial charge in [-0.05, 0) is 91.3 Å². The molecule has 0 radical (unpaired) electrons. The van der Waals surface area contributed by atoms with Crippen molar-refractivity contribution in [3.8, 4) is 0 Å². The first-order chi connectivity index (χ1) is 17.0. The second-order valence-corrected chi connectivity index (χ2v) is 13.6. The first kappa shape index (κ1) is 31.2. The molecule has 4 rings (SSSR count). The molecule has 204 valence electrons. The number of aliphatic hydroxyl groups excluding tert-OH is 1. The van der Waals surface area contributed by atoms with Gasteiger partial charge in [0.1, 0.15) is 6.10 Å². The largest absolute Gasteiger partial charge is 1.00 e. The van der Waals surface area contributed by atoms with Crippen LogP contribution < -0.4 is 34.7 Å². The Morgan fingerprint density at radius 3 is 2.46 bits per heavy atom. The summed E-state index contributed by atoms with van der Waals surface area (Å²) in [5.74, 6) is 1.99. The van der Waals surface area contributed by atoms with Crippen molar-refractivity contribution in [2.24, 2.45) is 46.3 Å². The molecule has 0 heterocycles. The van der Waals surface area contributed by atoms with Gasteiger partial charge in [0, 0.05) is 12.4 Å². The van der Waals surface area contributed by atoms with Crippen molar-refractivity contribution in [2.75, 3.05) is 0 Å². The third-order valence-electron chi connectivity index (χ3n) is 11.1. The molecule has 3 fully saturated rings. The standard InChI is InChI=1S/C31H50O5.Na/c1-19(2)7-6-8-20(3)23-9-10-24-29-25(14-16-31(23,24)5)30(4)15-13-22(17-21(30)18-26(29)32)36-28(35)12-11-27(33)34;/h18-20,22-26,29,32H,6-17H2,1-5H3,(H,33,34);/q;+1/p-1/t20-,22+,23-,24+,25+,26?,29+,30+,31-;/m1./s1. The van der Waals surface area contributed by atoms with Crippen LogP contribution in [0.1, 0.15) is 112 Å². The third-order valence-corrected chi connectivity index (χ3v) is 11.1. The van der Waals surface area contributed by atoms with Gasteiger partial charge in [-0.2, -0.15) is 0 Å². The van der Waals surface area contributed by atoms with Crippen molar-refractivity contribution in [3.05, 3.63) is 11.6 Å². The summed E-state index contributed by atoms with van der Waals surface area (Å²) in [5, 5.41) is 22.2. The number of ether oxygens (including phenoxy) is 1. The Morgan fingerprint density at radius 2 is 1.78 bits per heavy atom. The molecule has 4 aliphatic carbocycles. The van der Waals surface area contributed by atoms with Gasteiger partial charge in [-0.25, -0.2) is 0 Å². The van der Waals surface area contributed by atoms with E-state index in [9.17, 15) is 19.8 Å². The number of esters is 1. The van der Waals surface area contributed by atoms with Crippen LogP contribution in [0.2, 0.25) is 0 Å². The average Bonchev–Trinajstić information content (AvgIpc) is 3.15. The molecular formula is C31H49NaO5. The summed E-state index contributed by atoms with van der Waals surface area (Å²) in [6.45, 7) is 12.1. The Hall–Kier alpha value is -0.360. The molecule has 1 N–H and O–H groups in total. The number of carboxylic acids is 1. The van der Waals surface area contributed by atoms with Gasteiger partial charge in [0.05, 0.1) is 12.5 Å². The number of carbonyl (C=O) groups is 2. The van der Waals surface area contributed by atoms with E-state index in [1.807, 2.05) is 0 Å². The molecule has 0 aliphatic heterocycles. The first-order valence-electron chi connectivity index (χ1n) is 14.7. The van der Waals surface area contributed by atoms with E-state index in [1.165, 1.54) is 50.5 Å². The van der Waals surface area contributed by atoms with Gasteiger partial charge in [-0.1, -0.05) is 65.5 Å². The van der Waals surface area contributed by atoms with Crippen molar-refractivity contribution in [2.45, 2.75) is 124 Å². The van der Waals surface area contributed by atoms with Gasteiger partial charge < -0.3 is 19.7 Å². The van der Waals surface area contributed by atoms with Gasteiger partial charge in [-0.3, -0.25) is 4.79 Å². The predicted octanol–water partition coefficient (Wildman–Crippen LogP) is 2.44. The van der Waals surface area contributed by atoms with Crippen molar-refractivity contribution < 1.29 is 54.1 Å². The summed E-state index contributed by atoms with van der Waals surface area (Å²) in [6, 6.07) is 0. The molecule has 0 bridgehead atoms. The average molecular weight is 525 g/mol. The Labute approximate surface area is 246 Å². The molecule has 5 nitrogen and oxygen atoms in total. The second-order valence-electron chi connectivity index (χ2n) is 13.6. The maximum atomic E-state index is 12.1. The van der Waals surface area contributed by atoms with Crippen LogP contribution in [0, 0.1) is 46.3 Å². The molecule has 4 aliphatic rings. The molecule has 0 aromatic heterocycles. The minimum atomic E-state index is -1.23. The van der Waals surface area contributed by atoms with E-state index < -0.39 is 18.0 Å². The molecule has 9 atom stereocenters. The predicted molar refractivity (Wildman–Crippen MR) is 139 cm³/mol. The van der Waals surface area contributed by atoms with E-state index in [2.05, 4.69) is 40.7 Å². The van der Waals surface area contributed by atoms with Crippen LogP contribution in [0.5, 0.6) is 0 Å². The molecule has 1 unspecified atom stereocenters. The zero-order valence-corrected chi connectivity index (χ0v) is 26.3. The summed E-state index contributed by atoms with van der Waals surface area (Å²) < 4.78 is 5.63. The molecule has 0 spiro atoms. The van der Waals surface area contributed by atoms with Gasteiger partial charge in [0.15, 0.2) is 0 Å². The fourth-order valence-electron chi connectivity index (χ4n) is 9.19. The Morgan fingerprint density at radius 1 is 1.05 bits per heavy atom. The number of hydrogen-bond donors (Lipinski definition) is 1. The van der Waals surface area contributed by atoms with Crippen molar-refractivity contribution in [1.29, 1.82) is 0 Å². The molecule has 0 saturated heterocycles. The minimum absolute atomic E-state index is 0. The molecule has 0 amide bonds. The fourth-order valence-corrected chi connectivity index (χ4v) is 9.19. The smallest absolute Gasteiger partial charge is 0.550 e. The quantitative estimate of drug-likeness (QED) is 0.285. The fraction of sp³-hybridized carbons (Fsp3) is 0.871. The van der Waals surface area contributed by atoms with Gasteiger partial charge in [-0.15, -0.1) is 0 Å². The van der Waals surface area contributed by atoms with Gasteiger partial charge >= 0.3 is 35.5 Å². The van der Waals surface area contributed by atoms with Crippen LogP contribution in [-0.2, 0) is 14.3 Å². The third kappa shape index (κ3) is 6.36. The van der Waals surface area contributed by atoms with Crippen molar-refractivity contribution in [1.82, 2.24) is 0 Å². The van der Waals surface area contributed by atoms with E-state index in [0.717, 1.165) is 30.6 Å². The van der Waals surface area contributed by atoms with E-state index >= 15 is 0 Å². The SMILES string of the molecule is CC(C)CCC[C@@H](C)[C@H]1CC[C@H]2[C@@H]3C(O)C=C4C[C@@H](OC(=O)CCC(=O)[O-])CC[C@]4(C)[C@H]3CC[C@]12C.[Na+]. The number of aliphatic carboxylic acids is 1. The van der Waals surface area contributed by atoms with Crippen LogP contribution in [0.4, 0.5) is 0 Å². The monoisotopic (exact) mass is 524 g/mol. The van der Waals surface area contributed by atoms with Crippen molar-refractivity contribution in [3.63, 3.8) is 0 Å². The van der Waals surface area contributed by atoms with E-state index in [1.54, 1.807) is 0 Å². The number of aliphatic hydroxyl groups is 1. The maximum Gasteiger partial charge on any atom is 1.00 e. The number of rotatable bonds is 9. The van der Waals surface area contributed by atoms with E-state index in [4.69, 9.17) is 4.74 Å². The van der Waals surface area contributed by atoms with Crippen LogP contribution in [0.25, 0.3) is 0 Å². The van der Waals surface area contributed by atoms with Crippen LogP contribution in [0.3, 0.4) is 0 Å². The molecule has 0 aromatic carbocycles. The van der Waals surface area contributed by atoms with Gasteiger partial charge in [0.2, 0.25) is 0 Å². The zero-order chi connectivity index (χ0) is 26.3. The summed E-state index contributed by atoms with van der Waals surface area (Å²) in [4.78, 5) is 22.8. The Bertz CT molecular complexity index is 855. The van der Waals surface area contributed by atoms with Crippen LogP contribution in [-0.4, -0.2) is 29.3 Å². The number of hydrogen-bond acceptors (Lipinski definition) is 5. The Balaban J connectivity index is 0.00000380. The van der Waals surface area contributed by atoms with Crippen LogP contribution >= 0.6 is 0 Å². The summed E-state index contributed by atoms with van der Waals surface area (Å²) in [6.07, 6.45) is 12.4. The number of carbonyl (C=O) groups excluding carboxylic acids is 2. The molecule has 37 heavy (non-hydrogen) atoms. The van der Waals surface area contributed by atoms with Crippen molar-refractivity contribution >= 4 is 11.9 Å². The van der Waals surface area contributed by atoms with Gasteiger partial charge in [0.25, 0.3) is 0 Å². The summed E-state index contributed by atoms with van der Waals surface area (Å²) in [7, 11) is 0. The van der Waals surface area contributed by atoms with E-state index in [0.29, 0.717) is 29.6 Å². The molecule has 6 heteroatoms. The zero-order valence-electron chi connectivity index (χ0n) is 24.3. The number of fused-ring (bicyclic) bond motifs is 5.